The van der Waals surface area contributed by atoms with E-state index in [0.717, 1.165) is 0 Å². The van der Waals surface area contributed by atoms with Gasteiger partial charge in [-0.1, -0.05) is 0 Å². The lowest BCUT2D eigenvalue weighted by Crippen LogP contribution is -2.31. The molecule has 8 heavy (non-hydrogen) atoms. The second-order valence-electron chi connectivity index (χ2n) is 1.63. The highest BCUT2D eigenvalue weighted by Crippen LogP contribution is 2.17. The Morgan fingerprint density at radius 2 is 2.12 bits per heavy atom. The molecule has 1 N–H and O–H groups in total. The van der Waals surface area contributed by atoms with Crippen molar-refractivity contribution in [1.29, 1.82) is 0 Å². The highest BCUT2D eigenvalue weighted by Gasteiger charge is 2.30. The van der Waals surface area contributed by atoms with E-state index < -0.39 is 17.9 Å². The first-order valence-corrected chi connectivity index (χ1v) is 2.63. The van der Waals surface area contributed by atoms with Crippen LogP contribution in [0.25, 0.3) is 0 Å². The number of alkyl halides is 3. The molecule has 1 nitrogen and oxygen atoms in total. The van der Waals surface area contributed by atoms with E-state index >= 15 is 0 Å². The van der Waals surface area contributed by atoms with Crippen LogP contribution in [0.5, 0.6) is 0 Å². The lowest BCUT2D eigenvalue weighted by molar-refractivity contribution is -0.0820. The van der Waals surface area contributed by atoms with Crippen molar-refractivity contribution in [1.82, 2.24) is 0 Å². The zero-order chi connectivity index (χ0) is 6.78. The van der Waals surface area contributed by atoms with Crippen molar-refractivity contribution < 1.29 is 13.9 Å². The van der Waals surface area contributed by atoms with Crippen LogP contribution in [0.2, 0.25) is 0 Å². The Bertz CT molecular complexity index is 70.9. The normalized spacial score (nSPS) is 16.1. The first kappa shape index (κ1) is 8.11. The minimum atomic E-state index is -3.07. The molecule has 0 aliphatic heterocycles. The van der Waals surface area contributed by atoms with Gasteiger partial charge < -0.3 is 5.11 Å². The Balaban J connectivity index is 3.62. The quantitative estimate of drug-likeness (QED) is 0.579. The van der Waals surface area contributed by atoms with Crippen LogP contribution in [0, 0.1) is 0 Å². The second-order valence-corrected chi connectivity index (χ2v) is 1.93. The highest BCUT2D eigenvalue weighted by molar-refractivity contribution is 6.18. The van der Waals surface area contributed by atoms with Crippen molar-refractivity contribution in [2.75, 3.05) is 5.88 Å². The van der Waals surface area contributed by atoms with Crippen molar-refractivity contribution in [3.63, 3.8) is 0 Å². The maximum absolute atomic E-state index is 11.8. The summed E-state index contributed by atoms with van der Waals surface area (Å²) in [5.41, 5.74) is 0. The van der Waals surface area contributed by atoms with E-state index in [4.69, 9.17) is 16.7 Å². The molecule has 0 aromatic heterocycles. The topological polar surface area (TPSA) is 20.2 Å². The second kappa shape index (κ2) is 2.60. The SMILES string of the molecule is CC(F)(F)C(O)CCl. The average molecular weight is 145 g/mol. The molecule has 0 aliphatic carbocycles. The Kier molecular flexibility index (Phi) is 2.63. The molecule has 0 bridgehead atoms. The van der Waals surface area contributed by atoms with Gasteiger partial charge in [0.15, 0.2) is 0 Å². The largest absolute Gasteiger partial charge is 0.386 e. The van der Waals surface area contributed by atoms with Crippen LogP contribution in [0.4, 0.5) is 8.78 Å². The summed E-state index contributed by atoms with van der Waals surface area (Å²) in [7, 11) is 0. The van der Waals surface area contributed by atoms with E-state index in [-0.39, 0.29) is 0 Å². The molecule has 0 rings (SSSR count). The van der Waals surface area contributed by atoms with E-state index in [0.29, 0.717) is 6.92 Å². The third kappa shape index (κ3) is 2.43. The zero-order valence-electron chi connectivity index (χ0n) is 4.37. The van der Waals surface area contributed by atoms with Crippen LogP contribution in [-0.4, -0.2) is 23.0 Å². The molecule has 0 spiro atoms. The number of aliphatic hydroxyl groups excluding tert-OH is 1. The fourth-order valence-electron chi connectivity index (χ4n) is 0.135. The molecule has 0 amide bonds. The van der Waals surface area contributed by atoms with E-state index in [1.807, 2.05) is 0 Å². The summed E-state index contributed by atoms with van der Waals surface area (Å²) in [6, 6.07) is 0. The van der Waals surface area contributed by atoms with Crippen LogP contribution < -0.4 is 0 Å². The van der Waals surface area contributed by atoms with Crippen molar-refractivity contribution in [3.05, 3.63) is 0 Å². The number of rotatable bonds is 2. The minimum Gasteiger partial charge on any atom is -0.386 e. The summed E-state index contributed by atoms with van der Waals surface area (Å²) in [4.78, 5) is 0. The predicted molar refractivity (Wildman–Crippen MR) is 27.3 cm³/mol. The summed E-state index contributed by atoms with van der Waals surface area (Å²) in [6.45, 7) is 0.625. The summed E-state index contributed by atoms with van der Waals surface area (Å²) >= 11 is 4.91. The van der Waals surface area contributed by atoms with Crippen molar-refractivity contribution in [2.24, 2.45) is 0 Å². The molecule has 0 fully saturated rings. The van der Waals surface area contributed by atoms with Gasteiger partial charge in [0.25, 0.3) is 5.92 Å². The average Bonchev–Trinajstić information content (AvgIpc) is 1.62. The molecule has 1 unspecified atom stereocenters. The monoisotopic (exact) mass is 144 g/mol. The Hall–Kier alpha value is 0.110. The highest BCUT2D eigenvalue weighted by atomic mass is 35.5. The van der Waals surface area contributed by atoms with Gasteiger partial charge in [-0.05, 0) is 0 Å². The van der Waals surface area contributed by atoms with Crippen LogP contribution in [0.1, 0.15) is 6.92 Å². The van der Waals surface area contributed by atoms with Gasteiger partial charge in [0.05, 0.1) is 5.88 Å². The Morgan fingerprint density at radius 3 is 2.12 bits per heavy atom. The molecule has 0 aliphatic rings. The number of halogens is 3. The third-order valence-corrected chi connectivity index (χ3v) is 1.02. The lowest BCUT2D eigenvalue weighted by atomic mass is 10.2. The van der Waals surface area contributed by atoms with Gasteiger partial charge in [0.2, 0.25) is 0 Å². The fraction of sp³-hybridized carbons (Fsp3) is 1.00. The molecule has 50 valence electrons. The lowest BCUT2D eigenvalue weighted by Gasteiger charge is -2.13. The number of hydrogen-bond acceptors (Lipinski definition) is 1. The third-order valence-electron chi connectivity index (χ3n) is 0.731. The van der Waals surface area contributed by atoms with E-state index in [1.54, 1.807) is 0 Å². The van der Waals surface area contributed by atoms with Crippen LogP contribution in [0.15, 0.2) is 0 Å². The zero-order valence-corrected chi connectivity index (χ0v) is 5.12. The smallest absolute Gasteiger partial charge is 0.271 e. The summed E-state index contributed by atoms with van der Waals surface area (Å²) in [5, 5.41) is 8.31. The first-order chi connectivity index (χ1) is 3.48. The first-order valence-electron chi connectivity index (χ1n) is 2.10. The van der Waals surface area contributed by atoms with Gasteiger partial charge in [-0.3, -0.25) is 0 Å². The maximum atomic E-state index is 11.8. The van der Waals surface area contributed by atoms with Crippen LogP contribution in [-0.2, 0) is 0 Å². The van der Waals surface area contributed by atoms with Gasteiger partial charge in [-0.2, -0.15) is 0 Å². The molecular formula is C4H7ClF2O. The molecule has 0 aromatic rings. The minimum absolute atomic E-state index is 0.427. The van der Waals surface area contributed by atoms with Crippen molar-refractivity contribution in [2.45, 2.75) is 19.0 Å². The van der Waals surface area contributed by atoms with Crippen molar-refractivity contribution in [3.8, 4) is 0 Å². The molecule has 4 heteroatoms. The number of hydrogen-bond donors (Lipinski definition) is 1. The molecular weight excluding hydrogens is 137 g/mol. The molecule has 0 heterocycles. The fourth-order valence-corrected chi connectivity index (χ4v) is 0.406. The molecule has 0 saturated carbocycles. The summed E-state index contributed by atoms with van der Waals surface area (Å²) in [5.74, 6) is -3.49. The molecule has 0 radical (unpaired) electrons. The predicted octanol–water partition coefficient (Wildman–Crippen LogP) is 1.24. The van der Waals surface area contributed by atoms with Crippen molar-refractivity contribution >= 4 is 11.6 Å². The van der Waals surface area contributed by atoms with Gasteiger partial charge in [-0.25, -0.2) is 8.78 Å². The van der Waals surface area contributed by atoms with E-state index in [2.05, 4.69) is 0 Å². The van der Waals surface area contributed by atoms with E-state index in [9.17, 15) is 8.78 Å². The standard InChI is InChI=1S/C4H7ClF2O/c1-4(6,7)3(8)2-5/h3,8H,2H2,1H3. The van der Waals surface area contributed by atoms with Gasteiger partial charge in [-0.15, -0.1) is 11.6 Å². The van der Waals surface area contributed by atoms with Gasteiger partial charge in [0, 0.05) is 6.92 Å². The van der Waals surface area contributed by atoms with E-state index in [1.165, 1.54) is 0 Å². The Morgan fingerprint density at radius 1 is 1.75 bits per heavy atom. The van der Waals surface area contributed by atoms with Gasteiger partial charge >= 0.3 is 0 Å². The summed E-state index contributed by atoms with van der Waals surface area (Å²) < 4.78 is 23.6. The Labute approximate surface area is 51.3 Å². The van der Waals surface area contributed by atoms with Crippen LogP contribution in [0.3, 0.4) is 0 Å². The molecule has 0 aromatic carbocycles. The van der Waals surface area contributed by atoms with Gasteiger partial charge in [0.1, 0.15) is 6.10 Å². The number of aliphatic hydroxyl groups is 1. The van der Waals surface area contributed by atoms with Crippen LogP contribution >= 0.6 is 11.6 Å². The summed E-state index contributed by atoms with van der Waals surface area (Å²) in [6.07, 6.45) is -1.72. The molecule has 0 saturated heterocycles. The molecule has 1 atom stereocenters. The maximum Gasteiger partial charge on any atom is 0.271 e.